The Labute approximate surface area is 519 Å². The van der Waals surface area contributed by atoms with Crippen molar-refractivity contribution in [1.29, 1.82) is 0 Å². The van der Waals surface area contributed by atoms with Crippen molar-refractivity contribution in [3.05, 3.63) is 105 Å². The maximum absolute atomic E-state index is 14.0. The number of nitrogens with one attached hydrogen (secondary N) is 1. The molecule has 16 nitrogen and oxygen atoms in total. The fraction of sp³-hybridized carbons (Fsp3) is 0.631. The Kier molecular flexibility index (Phi) is 23.5. The molecule has 90 heavy (non-hydrogen) atoms. The number of rotatable bonds is 17. The van der Waals surface area contributed by atoms with Crippen LogP contribution in [0.2, 0.25) is 0 Å². The summed E-state index contributed by atoms with van der Waals surface area (Å²) < 4.78 is 122. The van der Waals surface area contributed by atoms with Gasteiger partial charge in [-0.3, -0.25) is 28.8 Å². The minimum absolute atomic E-state index is 0.00542. The Morgan fingerprint density at radius 3 is 1.06 bits per heavy atom. The number of nitrogens with two attached hydrogens (primary N) is 3. The predicted octanol–water partition coefficient (Wildman–Crippen LogP) is 7.39. The van der Waals surface area contributed by atoms with Crippen LogP contribution in [0.4, 0.5) is 39.5 Å². The van der Waals surface area contributed by atoms with Gasteiger partial charge < -0.3 is 52.1 Å². The summed E-state index contributed by atoms with van der Waals surface area (Å²) in [5.74, 6) is -10.1. The molecule has 3 aromatic rings. The molecule has 3 aromatic carbocycles. The van der Waals surface area contributed by atoms with E-state index in [1.165, 1.54) is 9.80 Å². The number of hydrogen-bond donors (Lipinski definition) is 5. The first-order valence-corrected chi connectivity index (χ1v) is 31.5. The van der Waals surface area contributed by atoms with E-state index in [9.17, 15) is 73.4 Å². The first kappa shape index (κ1) is 69.6. The van der Waals surface area contributed by atoms with Crippen LogP contribution in [-0.2, 0) is 48.0 Å². The van der Waals surface area contributed by atoms with Crippen LogP contribution in [0.5, 0.6) is 0 Å². The molecule has 3 unspecified atom stereocenters. The van der Waals surface area contributed by atoms with Crippen LogP contribution in [0.25, 0.3) is 0 Å². The molecule has 0 aromatic heterocycles. The maximum atomic E-state index is 14.0. The van der Waals surface area contributed by atoms with Crippen LogP contribution in [0.15, 0.2) is 36.4 Å². The average molecular weight is 1280 g/mol. The third-order valence-corrected chi connectivity index (χ3v) is 19.9. The number of nitrogens with zero attached hydrogens (tertiary/aromatic N) is 5. The number of benzene rings is 3. The molecule has 8 N–H and O–H groups in total. The van der Waals surface area contributed by atoms with Crippen molar-refractivity contribution in [2.24, 2.45) is 35.0 Å². The Balaban J connectivity index is 0.000000175. The van der Waals surface area contributed by atoms with Crippen molar-refractivity contribution in [3.8, 4) is 0 Å². The molecule has 496 valence electrons. The summed E-state index contributed by atoms with van der Waals surface area (Å²) in [5.41, 5.74) is 19.1. The molecule has 6 bridgehead atoms. The Bertz CT molecular complexity index is 3040. The Hall–Kier alpha value is -6.31. The van der Waals surface area contributed by atoms with Gasteiger partial charge in [0.15, 0.2) is 34.9 Å². The summed E-state index contributed by atoms with van der Waals surface area (Å²) in [6, 6.07) is 3.16. The molecule has 6 heterocycles. The zero-order valence-corrected chi connectivity index (χ0v) is 51.6. The molecule has 6 amide bonds. The topological polar surface area (TPSA) is 229 Å². The van der Waals surface area contributed by atoms with E-state index < -0.39 is 70.5 Å². The fourth-order valence-electron chi connectivity index (χ4n) is 15.0. The van der Waals surface area contributed by atoms with Gasteiger partial charge >= 0.3 is 0 Å². The van der Waals surface area contributed by atoms with E-state index in [1.54, 1.807) is 28.2 Å². The van der Waals surface area contributed by atoms with E-state index in [0.29, 0.717) is 82.4 Å². The van der Waals surface area contributed by atoms with Gasteiger partial charge in [-0.2, -0.15) is 0 Å². The number of carbonyl (C=O) groups is 6. The van der Waals surface area contributed by atoms with Gasteiger partial charge in [0.2, 0.25) is 35.4 Å². The number of halogens is 9. The van der Waals surface area contributed by atoms with Gasteiger partial charge in [-0.15, -0.1) is 0 Å². The highest BCUT2D eigenvalue weighted by atomic mass is 19.2. The SMILES string of the molecule is CN(C)C(=O)CC(=O)N1[C@@H]2CC[C@H]1CC([C@H](N)Cc1cc(F)c(F)cc1F)C2.CN(C)C(=O)CCC(=O)N1[C@@H]2CC[C@H]1CC([C@H](N)Cc1cc(F)c(F)cc1F)C2.N[C@H](Cc1cc(F)c(F)cc1F)C1C[C@H]2CC[C@@H](C1)N2C(=O)CC(=O)NC1CCC(O)CC1. The van der Waals surface area contributed by atoms with E-state index in [-0.39, 0.29) is 163 Å². The van der Waals surface area contributed by atoms with Crippen molar-refractivity contribution >= 4 is 35.4 Å². The molecule has 1 saturated carbocycles. The summed E-state index contributed by atoms with van der Waals surface area (Å²) in [5, 5.41) is 12.5. The number of fused-ring (bicyclic) bond motifs is 6. The lowest BCUT2D eigenvalue weighted by Gasteiger charge is -2.41. The van der Waals surface area contributed by atoms with Gasteiger partial charge in [0.1, 0.15) is 30.3 Å². The summed E-state index contributed by atoms with van der Waals surface area (Å²) in [6.45, 7) is 0. The van der Waals surface area contributed by atoms with Crippen LogP contribution in [0.1, 0.15) is 145 Å². The fourth-order valence-corrected chi connectivity index (χ4v) is 15.0. The van der Waals surface area contributed by atoms with Crippen LogP contribution in [-0.4, -0.2) is 160 Å². The normalized spacial score (nSPS) is 26.7. The van der Waals surface area contributed by atoms with Crippen LogP contribution < -0.4 is 22.5 Å². The Morgan fingerprint density at radius 2 is 0.733 bits per heavy atom. The monoisotopic (exact) mass is 1280 g/mol. The first-order chi connectivity index (χ1) is 42.5. The van der Waals surface area contributed by atoms with Gasteiger partial charge in [-0.1, -0.05) is 0 Å². The molecule has 7 aliphatic rings. The minimum atomic E-state index is -1.22. The number of carbonyl (C=O) groups excluding carboxylic acids is 6. The molecular formula is C65H86F9N9O7. The van der Waals surface area contributed by atoms with E-state index in [0.717, 1.165) is 56.7 Å². The number of hydrogen-bond acceptors (Lipinski definition) is 10. The highest BCUT2D eigenvalue weighted by Crippen LogP contribution is 2.44. The van der Waals surface area contributed by atoms with Gasteiger partial charge in [-0.05, 0) is 175 Å². The largest absolute Gasteiger partial charge is 0.393 e. The molecule has 1 aliphatic carbocycles. The lowest BCUT2D eigenvalue weighted by Crippen LogP contribution is -2.51. The molecule has 10 rings (SSSR count). The van der Waals surface area contributed by atoms with Gasteiger partial charge in [0.25, 0.3) is 0 Å². The van der Waals surface area contributed by atoms with Gasteiger partial charge in [0, 0.05) is 120 Å². The maximum Gasteiger partial charge on any atom is 0.232 e. The molecule has 0 radical (unpaired) electrons. The summed E-state index contributed by atoms with van der Waals surface area (Å²) >= 11 is 0. The first-order valence-electron chi connectivity index (χ1n) is 31.5. The molecule has 7 fully saturated rings. The van der Waals surface area contributed by atoms with E-state index in [2.05, 4.69) is 5.32 Å². The van der Waals surface area contributed by atoms with E-state index >= 15 is 0 Å². The number of aliphatic hydroxyl groups is 1. The van der Waals surface area contributed by atoms with Crippen molar-refractivity contribution in [1.82, 2.24) is 29.8 Å². The third kappa shape index (κ3) is 17.2. The van der Waals surface area contributed by atoms with Gasteiger partial charge in [-0.25, -0.2) is 39.5 Å². The highest BCUT2D eigenvalue weighted by Gasteiger charge is 2.48. The van der Waals surface area contributed by atoms with Crippen molar-refractivity contribution in [2.45, 2.75) is 214 Å². The molecule has 0 spiro atoms. The predicted molar refractivity (Wildman–Crippen MR) is 315 cm³/mol. The quantitative estimate of drug-likeness (QED) is 0.0512. The number of amides is 6. The molecule has 25 heteroatoms. The number of piperidine rings is 3. The third-order valence-electron chi connectivity index (χ3n) is 19.9. The summed E-state index contributed by atoms with van der Waals surface area (Å²) in [6.07, 6.45) is 12.0. The zero-order valence-electron chi connectivity index (χ0n) is 51.6. The van der Waals surface area contributed by atoms with Crippen molar-refractivity contribution < 1.29 is 73.4 Å². The van der Waals surface area contributed by atoms with Crippen molar-refractivity contribution in [2.75, 3.05) is 28.2 Å². The standard InChI is InChI=1S/C24H32F3N3O3.C21H28F3N3O2.C20H26F3N3O2/c25-19-11-21(27)20(26)9-13(19)10-22(28)14-7-16-3-4-17(8-14)30(16)24(33)12-23(32)29-15-1-5-18(31)6-2-15;1-26(2)20(28)5-6-21(29)27-14-3-4-15(27)8-13(7-14)19(25)10-12-9-17(23)18(24)11-16(12)22;1-25(2)19(27)10-20(28)26-13-3-4-14(26)6-12(5-13)18(24)8-11-7-16(22)17(23)9-15(11)21/h9,11,14-18,22,31H,1-8,10,12,28H2,(H,29,32);9,11,13-15,19H,3-8,10,25H2,1-2H3;7,9,12-14,18H,3-6,8,10,24H2,1-2H3/t14?,15?,16-,17+,18?,22-;13?,14-,15+,19-;12?,13-,14+,18-/m111/s1. The molecule has 6 saturated heterocycles. The second-order valence-corrected chi connectivity index (χ2v) is 26.4. The lowest BCUT2D eigenvalue weighted by atomic mass is 9.82. The average Bonchev–Trinajstić information content (AvgIpc) is 1.71. The van der Waals surface area contributed by atoms with Crippen LogP contribution in [0.3, 0.4) is 0 Å². The van der Waals surface area contributed by atoms with Crippen molar-refractivity contribution in [3.63, 3.8) is 0 Å². The summed E-state index contributed by atoms with van der Waals surface area (Å²) in [7, 11) is 6.57. The molecular weight excluding hydrogens is 1190 g/mol. The molecule has 12 atom stereocenters. The van der Waals surface area contributed by atoms with Crippen LogP contribution in [0, 0.1) is 70.1 Å². The Morgan fingerprint density at radius 1 is 0.433 bits per heavy atom. The zero-order chi connectivity index (χ0) is 65.6. The highest BCUT2D eigenvalue weighted by molar-refractivity contribution is 5.98. The van der Waals surface area contributed by atoms with E-state index in [4.69, 9.17) is 17.2 Å². The van der Waals surface area contributed by atoms with Gasteiger partial charge in [0.05, 0.1) is 6.10 Å². The second-order valence-electron chi connectivity index (χ2n) is 26.4. The summed E-state index contributed by atoms with van der Waals surface area (Å²) in [4.78, 5) is 82.6. The minimum Gasteiger partial charge on any atom is -0.393 e. The number of aliphatic hydroxyl groups excluding tert-OH is 1. The lowest BCUT2D eigenvalue weighted by molar-refractivity contribution is -0.143. The van der Waals surface area contributed by atoms with Crippen LogP contribution >= 0.6 is 0 Å². The smallest absolute Gasteiger partial charge is 0.232 e. The second kappa shape index (κ2) is 30.4. The molecule has 6 aliphatic heterocycles. The van der Waals surface area contributed by atoms with E-state index in [1.807, 2.05) is 14.7 Å².